The Morgan fingerprint density at radius 3 is 2.26 bits per heavy atom. The van der Waals surface area contributed by atoms with Gasteiger partial charge >= 0.3 is 0 Å². The molecule has 1 aromatic rings. The Kier molecular flexibility index (Phi) is 11.3. The summed E-state index contributed by atoms with van der Waals surface area (Å²) in [6, 6.07) is 8.43. The van der Waals surface area contributed by atoms with Crippen molar-refractivity contribution in [3.05, 3.63) is 35.9 Å². The molecule has 11 nitrogen and oxygen atoms in total. The Hall–Kier alpha value is -3.02. The first-order valence-electron chi connectivity index (χ1n) is 15.4. The van der Waals surface area contributed by atoms with E-state index in [2.05, 4.69) is 20.9 Å². The van der Waals surface area contributed by atoms with Crippen LogP contribution in [-0.2, 0) is 30.3 Å². The van der Waals surface area contributed by atoms with Gasteiger partial charge in [-0.2, -0.15) is 0 Å². The number of nitrogens with one attached hydrogen (secondary N) is 3. The van der Waals surface area contributed by atoms with Crippen molar-refractivity contribution >= 4 is 23.6 Å². The number of nitrogens with two attached hydrogens (primary N) is 1. The van der Waals surface area contributed by atoms with Crippen LogP contribution in [0.1, 0.15) is 51.5 Å². The van der Waals surface area contributed by atoms with E-state index in [4.69, 9.17) is 10.5 Å². The number of amides is 4. The van der Waals surface area contributed by atoms with E-state index in [1.165, 1.54) is 0 Å². The maximum Gasteiger partial charge on any atom is 0.243 e. The predicted molar refractivity (Wildman–Crippen MR) is 159 cm³/mol. The molecule has 4 amide bonds. The molecule has 3 heterocycles. The highest BCUT2D eigenvalue weighted by molar-refractivity contribution is 5.92. The highest BCUT2D eigenvalue weighted by Gasteiger charge is 2.47. The number of carbonyl (C=O) groups excluding carboxylic acids is 4. The van der Waals surface area contributed by atoms with E-state index < -0.39 is 29.8 Å². The predicted octanol–water partition coefficient (Wildman–Crippen LogP) is 0.423. The lowest BCUT2D eigenvalue weighted by atomic mass is 9.71. The van der Waals surface area contributed by atoms with Gasteiger partial charge in [0.15, 0.2) is 0 Å². The topological polar surface area (TPSA) is 146 Å². The third-order valence-corrected chi connectivity index (χ3v) is 8.80. The third-order valence-electron chi connectivity index (χ3n) is 8.80. The van der Waals surface area contributed by atoms with Crippen LogP contribution < -0.4 is 21.7 Å². The molecule has 3 aliphatic heterocycles. The Bertz CT molecular complexity index is 1060. The first kappa shape index (κ1) is 31.9. The summed E-state index contributed by atoms with van der Waals surface area (Å²) >= 11 is 0. The molecule has 0 bridgehead atoms. The summed E-state index contributed by atoms with van der Waals surface area (Å²) in [5.41, 5.74) is 7.12. The van der Waals surface area contributed by atoms with E-state index in [9.17, 15) is 19.2 Å². The van der Waals surface area contributed by atoms with Crippen molar-refractivity contribution in [1.82, 2.24) is 25.8 Å². The lowest BCUT2D eigenvalue weighted by Crippen LogP contribution is -2.64. The number of ether oxygens (including phenoxy) is 1. The molecule has 3 aliphatic rings. The molecule has 0 unspecified atom stereocenters. The highest BCUT2D eigenvalue weighted by atomic mass is 16.5. The molecule has 42 heavy (non-hydrogen) atoms. The maximum absolute atomic E-state index is 13.0. The molecule has 0 saturated carbocycles. The van der Waals surface area contributed by atoms with Crippen LogP contribution in [0.3, 0.4) is 0 Å². The molecule has 0 radical (unpaired) electrons. The third kappa shape index (κ3) is 8.99. The number of nitrogens with zero attached hydrogens (tertiary/aromatic N) is 2. The van der Waals surface area contributed by atoms with Crippen LogP contribution in [0.5, 0.6) is 0 Å². The largest absolute Gasteiger partial charge is 0.381 e. The number of likely N-dealkylation sites (tertiary alicyclic amines) is 2. The smallest absolute Gasteiger partial charge is 0.243 e. The van der Waals surface area contributed by atoms with Crippen LogP contribution in [0.2, 0.25) is 0 Å². The van der Waals surface area contributed by atoms with Gasteiger partial charge in [0, 0.05) is 37.8 Å². The summed E-state index contributed by atoms with van der Waals surface area (Å²) in [7, 11) is 0. The van der Waals surface area contributed by atoms with Crippen molar-refractivity contribution < 1.29 is 23.9 Å². The van der Waals surface area contributed by atoms with E-state index in [0.717, 1.165) is 70.6 Å². The molecular formula is C31H48N6O5. The van der Waals surface area contributed by atoms with Gasteiger partial charge in [-0.3, -0.25) is 19.2 Å². The minimum atomic E-state index is -0.808. The van der Waals surface area contributed by atoms with Crippen LogP contribution in [0.4, 0.5) is 0 Å². The normalized spacial score (nSPS) is 20.4. The molecule has 5 N–H and O–H groups in total. The van der Waals surface area contributed by atoms with Gasteiger partial charge in [0.05, 0.1) is 19.1 Å². The summed E-state index contributed by atoms with van der Waals surface area (Å²) < 4.78 is 5.50. The van der Waals surface area contributed by atoms with Crippen molar-refractivity contribution in [1.29, 1.82) is 0 Å². The number of carbonyl (C=O) groups is 4. The minimum Gasteiger partial charge on any atom is -0.381 e. The summed E-state index contributed by atoms with van der Waals surface area (Å²) in [5.74, 6) is -1.30. The zero-order valence-corrected chi connectivity index (χ0v) is 25.1. The van der Waals surface area contributed by atoms with Crippen LogP contribution >= 0.6 is 0 Å². The number of piperidine rings is 1. The first-order chi connectivity index (χ1) is 20.1. The minimum absolute atomic E-state index is 0.0986. The Balaban J connectivity index is 1.16. The zero-order valence-electron chi connectivity index (χ0n) is 25.1. The van der Waals surface area contributed by atoms with E-state index in [0.29, 0.717) is 18.9 Å². The van der Waals surface area contributed by atoms with Crippen LogP contribution in [-0.4, -0.2) is 104 Å². The molecule has 3 saturated heterocycles. The molecule has 0 aliphatic carbocycles. The van der Waals surface area contributed by atoms with Gasteiger partial charge in [0.1, 0.15) is 6.04 Å². The van der Waals surface area contributed by atoms with Crippen molar-refractivity contribution in [2.45, 2.75) is 70.5 Å². The number of hydrogen-bond acceptors (Lipinski definition) is 7. The van der Waals surface area contributed by atoms with E-state index in [1.807, 2.05) is 49.1 Å². The van der Waals surface area contributed by atoms with E-state index >= 15 is 0 Å². The molecule has 0 aromatic heterocycles. The monoisotopic (exact) mass is 584 g/mol. The Morgan fingerprint density at radius 2 is 1.62 bits per heavy atom. The molecule has 2 atom stereocenters. The second-order valence-corrected chi connectivity index (χ2v) is 12.6. The molecule has 11 heteroatoms. The fourth-order valence-electron chi connectivity index (χ4n) is 6.28. The highest BCUT2D eigenvalue weighted by Crippen LogP contribution is 2.41. The van der Waals surface area contributed by atoms with Crippen LogP contribution in [0.25, 0.3) is 0 Å². The van der Waals surface area contributed by atoms with Crippen molar-refractivity contribution in [2.24, 2.45) is 17.1 Å². The molecule has 232 valence electrons. The fourth-order valence-corrected chi connectivity index (χ4v) is 6.28. The summed E-state index contributed by atoms with van der Waals surface area (Å²) in [4.78, 5) is 55.2. The van der Waals surface area contributed by atoms with Gasteiger partial charge in [-0.1, -0.05) is 44.2 Å². The average molecular weight is 585 g/mol. The maximum atomic E-state index is 13.0. The molecule has 4 rings (SSSR count). The molecule has 1 aromatic carbocycles. The standard InChI is InChI=1S/C31H48N6O5/c1-22(2)16-26(35-27(38)18-33-29(40)25(32)17-23-6-4-3-5-7-23)30(41)34-19-28(39)37-20-31(21-37)10-12-36(13-11-31)24-8-14-42-15-9-24/h3-7,22,24-26H,8-21,32H2,1-2H3,(H,33,40)(H,34,41)(H,35,38)/t25-,26-/m1/s1. The van der Waals surface area contributed by atoms with Crippen molar-refractivity contribution in [2.75, 3.05) is 52.5 Å². The first-order valence-corrected chi connectivity index (χ1v) is 15.4. The van der Waals surface area contributed by atoms with Crippen molar-refractivity contribution in [3.63, 3.8) is 0 Å². The molecule has 3 fully saturated rings. The van der Waals surface area contributed by atoms with Gasteiger partial charge < -0.3 is 36.2 Å². The van der Waals surface area contributed by atoms with Gasteiger partial charge in [0.25, 0.3) is 0 Å². The van der Waals surface area contributed by atoms with Crippen LogP contribution in [0.15, 0.2) is 30.3 Å². The second kappa shape index (κ2) is 14.9. The molecule has 1 spiro atoms. The fraction of sp³-hybridized carbons (Fsp3) is 0.677. The molecular weight excluding hydrogens is 536 g/mol. The quantitative estimate of drug-likeness (QED) is 0.279. The summed E-state index contributed by atoms with van der Waals surface area (Å²) in [6.45, 7) is 8.83. The van der Waals surface area contributed by atoms with Gasteiger partial charge in [0.2, 0.25) is 23.6 Å². The van der Waals surface area contributed by atoms with Crippen molar-refractivity contribution in [3.8, 4) is 0 Å². The summed E-state index contributed by atoms with van der Waals surface area (Å²) in [5, 5.41) is 7.98. The number of hydrogen-bond donors (Lipinski definition) is 4. The lowest BCUT2D eigenvalue weighted by Gasteiger charge is -2.55. The lowest BCUT2D eigenvalue weighted by molar-refractivity contribution is -0.147. The van der Waals surface area contributed by atoms with E-state index in [1.54, 1.807) is 0 Å². The van der Waals surface area contributed by atoms with E-state index in [-0.39, 0.29) is 30.3 Å². The van der Waals surface area contributed by atoms with Gasteiger partial charge in [-0.25, -0.2) is 0 Å². The average Bonchev–Trinajstić information content (AvgIpc) is 2.97. The second-order valence-electron chi connectivity index (χ2n) is 12.6. The Morgan fingerprint density at radius 1 is 0.976 bits per heavy atom. The van der Waals surface area contributed by atoms with Crippen LogP contribution in [0, 0.1) is 11.3 Å². The number of rotatable bonds is 12. The SMILES string of the molecule is CC(C)C[C@@H](NC(=O)CNC(=O)[C@H](N)Cc1ccccc1)C(=O)NCC(=O)N1CC2(CCN(C3CCOCC3)CC2)C1. The van der Waals surface area contributed by atoms with Gasteiger partial charge in [-0.05, 0) is 63.1 Å². The zero-order chi connectivity index (χ0) is 30.1. The Labute approximate surface area is 249 Å². The number of benzene rings is 1. The van der Waals surface area contributed by atoms with Gasteiger partial charge in [-0.15, -0.1) is 0 Å². The summed E-state index contributed by atoms with van der Waals surface area (Å²) in [6.07, 6.45) is 5.16.